The molecule has 0 saturated heterocycles. The zero-order chi connectivity index (χ0) is 20.3. The van der Waals surface area contributed by atoms with E-state index in [1.54, 1.807) is 4.57 Å². The minimum atomic E-state index is -0.208. The number of rotatable bonds is 7. The van der Waals surface area contributed by atoms with Gasteiger partial charge in [0.2, 0.25) is 5.91 Å². The number of nitrogens with one attached hydrogen (secondary N) is 1. The molecule has 3 aromatic rings. The fraction of sp³-hybridized carbons (Fsp3) is 0.333. The van der Waals surface area contributed by atoms with Crippen LogP contribution < -0.4 is 11.0 Å². The quantitative estimate of drug-likeness (QED) is 0.663. The molecule has 148 valence electrons. The van der Waals surface area contributed by atoms with Gasteiger partial charge in [-0.25, -0.2) is 4.79 Å². The third-order valence-electron chi connectivity index (χ3n) is 4.92. The lowest BCUT2D eigenvalue weighted by atomic mass is 10.1. The molecule has 1 amide bonds. The summed E-state index contributed by atoms with van der Waals surface area (Å²) >= 11 is 6.33. The Morgan fingerprint density at radius 3 is 2.29 bits per heavy atom. The molecule has 1 N–H and O–H groups in total. The molecule has 6 nitrogen and oxygen atoms in total. The Morgan fingerprint density at radius 2 is 1.68 bits per heavy atom. The Balaban J connectivity index is 1.78. The first-order valence-electron chi connectivity index (χ1n) is 9.29. The van der Waals surface area contributed by atoms with Gasteiger partial charge in [-0.2, -0.15) is 0 Å². The van der Waals surface area contributed by atoms with Crippen LogP contribution in [0.5, 0.6) is 0 Å². The van der Waals surface area contributed by atoms with Crippen LogP contribution in [0.15, 0.2) is 53.3 Å². The van der Waals surface area contributed by atoms with Gasteiger partial charge in [0.1, 0.15) is 6.54 Å². The summed E-state index contributed by atoms with van der Waals surface area (Å²) in [6, 6.07) is 15.1. The van der Waals surface area contributed by atoms with Crippen LogP contribution in [0, 0.1) is 0 Å². The van der Waals surface area contributed by atoms with Crippen LogP contribution in [0.3, 0.4) is 0 Å². The maximum Gasteiger partial charge on any atom is 0.329 e. The van der Waals surface area contributed by atoms with Gasteiger partial charge in [-0.05, 0) is 44.8 Å². The molecule has 1 aromatic heterocycles. The summed E-state index contributed by atoms with van der Waals surface area (Å²) in [6.07, 6.45) is 0. The molecule has 0 radical (unpaired) electrons. The van der Waals surface area contributed by atoms with Crippen molar-refractivity contribution in [3.05, 3.63) is 69.6 Å². The number of halogens is 1. The predicted octanol–water partition coefficient (Wildman–Crippen LogP) is 2.90. The van der Waals surface area contributed by atoms with Crippen LogP contribution in [0.2, 0.25) is 5.02 Å². The number of aryl methyl sites for hydroxylation is 1. The van der Waals surface area contributed by atoms with Crippen molar-refractivity contribution in [1.29, 1.82) is 0 Å². The van der Waals surface area contributed by atoms with Gasteiger partial charge in [-0.3, -0.25) is 13.9 Å². The molecule has 3 rings (SSSR count). The molecular weight excluding hydrogens is 376 g/mol. The van der Waals surface area contributed by atoms with Crippen molar-refractivity contribution in [2.24, 2.45) is 0 Å². The molecule has 1 unspecified atom stereocenters. The molecule has 1 atom stereocenters. The Kier molecular flexibility index (Phi) is 6.21. The molecule has 0 saturated carbocycles. The van der Waals surface area contributed by atoms with Gasteiger partial charge in [0, 0.05) is 18.1 Å². The number of benzene rings is 2. The Morgan fingerprint density at radius 1 is 1.07 bits per heavy atom. The fourth-order valence-electron chi connectivity index (χ4n) is 3.46. The topological polar surface area (TPSA) is 59.3 Å². The molecule has 0 aliphatic rings. The van der Waals surface area contributed by atoms with Crippen molar-refractivity contribution in [3.63, 3.8) is 0 Å². The standard InChI is InChI=1S/C21H25ClN4O2/c1-4-25-17-11-7-8-12-18(17)26(21(25)28)14-20(27)23-13-19(24(2)3)15-9-5-6-10-16(15)22/h5-12,19H,4,13-14H2,1-3H3,(H,23,27). The molecule has 0 fully saturated rings. The number of amides is 1. The molecule has 0 aliphatic heterocycles. The van der Waals surface area contributed by atoms with E-state index in [1.807, 2.05) is 74.4 Å². The van der Waals surface area contributed by atoms with Crippen molar-refractivity contribution in [2.75, 3.05) is 20.6 Å². The average molecular weight is 401 g/mol. The lowest BCUT2D eigenvalue weighted by molar-refractivity contribution is -0.121. The van der Waals surface area contributed by atoms with Crippen LogP contribution in [-0.2, 0) is 17.9 Å². The number of para-hydroxylation sites is 2. The number of hydrogen-bond acceptors (Lipinski definition) is 3. The third kappa shape index (κ3) is 3.98. The number of fused-ring (bicyclic) bond motifs is 1. The highest BCUT2D eigenvalue weighted by molar-refractivity contribution is 6.31. The molecule has 2 aromatic carbocycles. The minimum absolute atomic E-state index is 0.0188. The van der Waals surface area contributed by atoms with E-state index in [9.17, 15) is 9.59 Å². The monoisotopic (exact) mass is 400 g/mol. The second kappa shape index (κ2) is 8.63. The third-order valence-corrected chi connectivity index (χ3v) is 5.27. The minimum Gasteiger partial charge on any atom is -0.353 e. The number of hydrogen-bond donors (Lipinski definition) is 1. The van der Waals surface area contributed by atoms with Gasteiger partial charge in [-0.1, -0.05) is 41.9 Å². The number of aromatic nitrogens is 2. The highest BCUT2D eigenvalue weighted by Crippen LogP contribution is 2.25. The van der Waals surface area contributed by atoms with Crippen LogP contribution in [-0.4, -0.2) is 40.6 Å². The van der Waals surface area contributed by atoms with E-state index in [4.69, 9.17) is 11.6 Å². The summed E-state index contributed by atoms with van der Waals surface area (Å²) in [6.45, 7) is 2.86. The maximum atomic E-state index is 12.7. The summed E-state index contributed by atoms with van der Waals surface area (Å²) in [7, 11) is 3.89. The number of nitrogens with zero attached hydrogens (tertiary/aromatic N) is 3. The van der Waals surface area contributed by atoms with Gasteiger partial charge in [0.15, 0.2) is 0 Å². The smallest absolute Gasteiger partial charge is 0.329 e. The van der Waals surface area contributed by atoms with Crippen molar-refractivity contribution in [1.82, 2.24) is 19.4 Å². The van der Waals surface area contributed by atoms with Crippen molar-refractivity contribution in [2.45, 2.75) is 26.1 Å². The number of likely N-dealkylation sites (N-methyl/N-ethyl adjacent to an activating group) is 1. The summed E-state index contributed by atoms with van der Waals surface area (Å²) < 4.78 is 3.20. The normalized spacial score (nSPS) is 12.5. The number of carbonyl (C=O) groups excluding carboxylic acids is 1. The maximum absolute atomic E-state index is 12.7. The van der Waals surface area contributed by atoms with Gasteiger partial charge in [-0.15, -0.1) is 0 Å². The fourth-order valence-corrected chi connectivity index (χ4v) is 3.72. The number of imidazole rings is 1. The van der Waals surface area contributed by atoms with Crippen molar-refractivity contribution in [3.8, 4) is 0 Å². The second-order valence-electron chi connectivity index (χ2n) is 6.91. The summed E-state index contributed by atoms with van der Waals surface area (Å²) in [4.78, 5) is 27.3. The van der Waals surface area contributed by atoms with Crippen molar-refractivity contribution >= 4 is 28.5 Å². The van der Waals surface area contributed by atoms with Crippen LogP contribution in [0.4, 0.5) is 0 Å². The first kappa shape index (κ1) is 20.2. The zero-order valence-electron chi connectivity index (χ0n) is 16.4. The van der Waals surface area contributed by atoms with Crippen LogP contribution >= 0.6 is 11.6 Å². The van der Waals surface area contributed by atoms with E-state index < -0.39 is 0 Å². The summed E-state index contributed by atoms with van der Waals surface area (Å²) in [5, 5.41) is 3.61. The lowest BCUT2D eigenvalue weighted by Crippen LogP contribution is -2.38. The van der Waals surface area contributed by atoms with Crippen molar-refractivity contribution < 1.29 is 4.79 Å². The van der Waals surface area contributed by atoms with Crippen LogP contribution in [0.1, 0.15) is 18.5 Å². The van der Waals surface area contributed by atoms with Gasteiger partial charge in [0.25, 0.3) is 0 Å². The van der Waals surface area contributed by atoms with E-state index in [1.165, 1.54) is 4.57 Å². The first-order valence-corrected chi connectivity index (χ1v) is 9.67. The highest BCUT2D eigenvalue weighted by Gasteiger charge is 2.19. The van der Waals surface area contributed by atoms with E-state index in [0.717, 1.165) is 16.6 Å². The second-order valence-corrected chi connectivity index (χ2v) is 7.31. The molecule has 0 spiro atoms. The molecule has 0 bridgehead atoms. The first-order chi connectivity index (χ1) is 13.4. The molecule has 7 heteroatoms. The Hall–Kier alpha value is -2.57. The molecular formula is C21H25ClN4O2. The highest BCUT2D eigenvalue weighted by atomic mass is 35.5. The molecule has 1 heterocycles. The van der Waals surface area contributed by atoms with E-state index >= 15 is 0 Å². The average Bonchev–Trinajstić information content (AvgIpc) is 2.94. The number of carbonyl (C=O) groups is 1. The zero-order valence-corrected chi connectivity index (χ0v) is 17.1. The largest absolute Gasteiger partial charge is 0.353 e. The molecule has 28 heavy (non-hydrogen) atoms. The van der Waals surface area contributed by atoms with E-state index in [0.29, 0.717) is 18.1 Å². The van der Waals surface area contributed by atoms with E-state index in [-0.39, 0.29) is 24.2 Å². The predicted molar refractivity (Wildman–Crippen MR) is 113 cm³/mol. The Bertz CT molecular complexity index is 1040. The van der Waals surface area contributed by atoms with Gasteiger partial charge >= 0.3 is 5.69 Å². The SMILES string of the molecule is CCn1c(=O)n(CC(=O)NCC(c2ccccc2Cl)N(C)C)c2ccccc21. The molecule has 0 aliphatic carbocycles. The van der Waals surface area contributed by atoms with Crippen LogP contribution in [0.25, 0.3) is 11.0 Å². The lowest BCUT2D eigenvalue weighted by Gasteiger charge is -2.26. The summed E-state index contributed by atoms with van der Waals surface area (Å²) in [5.41, 5.74) is 2.38. The van der Waals surface area contributed by atoms with Gasteiger partial charge < -0.3 is 10.2 Å². The van der Waals surface area contributed by atoms with E-state index in [2.05, 4.69) is 5.32 Å². The Labute approximate surface area is 169 Å². The van der Waals surface area contributed by atoms with Gasteiger partial charge in [0.05, 0.1) is 17.1 Å². The summed E-state index contributed by atoms with van der Waals surface area (Å²) in [5.74, 6) is -0.208.